The molecule has 2 unspecified atom stereocenters. The highest BCUT2D eigenvalue weighted by Gasteiger charge is 2.50. The molecule has 138 valence electrons. The second kappa shape index (κ2) is 6.89. The summed E-state index contributed by atoms with van der Waals surface area (Å²) >= 11 is 0. The molecule has 0 radical (unpaired) electrons. The summed E-state index contributed by atoms with van der Waals surface area (Å²) in [7, 11) is 0. The van der Waals surface area contributed by atoms with Crippen LogP contribution >= 0.6 is 0 Å². The van der Waals surface area contributed by atoms with E-state index in [0.717, 1.165) is 41.9 Å². The van der Waals surface area contributed by atoms with Gasteiger partial charge in [0.15, 0.2) is 0 Å². The van der Waals surface area contributed by atoms with Crippen molar-refractivity contribution in [3.63, 3.8) is 0 Å². The van der Waals surface area contributed by atoms with Gasteiger partial charge in [-0.25, -0.2) is 0 Å². The van der Waals surface area contributed by atoms with Gasteiger partial charge in [0.25, 0.3) is 0 Å². The van der Waals surface area contributed by atoms with Gasteiger partial charge >= 0.3 is 0 Å². The van der Waals surface area contributed by atoms with E-state index in [1.165, 1.54) is 64.8 Å². The molecule has 2 atom stereocenters. The van der Waals surface area contributed by atoms with E-state index in [1.54, 1.807) is 0 Å². The highest BCUT2D eigenvalue weighted by atomic mass is 15.4. The molecule has 0 aromatic heterocycles. The molecule has 1 aliphatic carbocycles. The van der Waals surface area contributed by atoms with E-state index < -0.39 is 0 Å². The zero-order chi connectivity index (χ0) is 16.8. The first-order valence-electron chi connectivity index (χ1n) is 10.7. The van der Waals surface area contributed by atoms with Gasteiger partial charge in [-0.15, -0.1) is 0 Å². The Kier molecular flexibility index (Phi) is 4.96. The zero-order valence-corrected chi connectivity index (χ0v) is 16.5. The van der Waals surface area contributed by atoms with Crippen LogP contribution in [-0.4, -0.2) is 71.6 Å². The van der Waals surface area contributed by atoms with Gasteiger partial charge in [-0.2, -0.15) is 0 Å². The molecule has 0 spiro atoms. The van der Waals surface area contributed by atoms with Crippen LogP contribution in [0.15, 0.2) is 0 Å². The summed E-state index contributed by atoms with van der Waals surface area (Å²) < 4.78 is 0. The molecule has 0 N–H and O–H groups in total. The number of hydrogen-bond donors (Lipinski definition) is 0. The Bertz CT molecular complexity index is 409. The van der Waals surface area contributed by atoms with Crippen molar-refractivity contribution in [3.8, 4) is 0 Å². The highest BCUT2D eigenvalue weighted by molar-refractivity contribution is 5.06. The van der Waals surface area contributed by atoms with Gasteiger partial charge in [-0.3, -0.25) is 9.80 Å². The molecule has 24 heavy (non-hydrogen) atoms. The topological polar surface area (TPSA) is 9.72 Å². The third kappa shape index (κ3) is 3.29. The summed E-state index contributed by atoms with van der Waals surface area (Å²) in [6.07, 6.45) is 7.31. The lowest BCUT2D eigenvalue weighted by Crippen LogP contribution is -2.73. The zero-order valence-electron chi connectivity index (χ0n) is 16.5. The van der Waals surface area contributed by atoms with Gasteiger partial charge < -0.3 is 4.90 Å². The second-order valence-corrected chi connectivity index (χ2v) is 9.91. The van der Waals surface area contributed by atoms with E-state index in [9.17, 15) is 0 Å². The van der Waals surface area contributed by atoms with Crippen LogP contribution in [0, 0.1) is 17.8 Å². The lowest BCUT2D eigenvalue weighted by Gasteiger charge is -2.62. The molecule has 4 saturated heterocycles. The number of piperidine rings is 2. The first-order chi connectivity index (χ1) is 11.5. The van der Waals surface area contributed by atoms with Crippen LogP contribution in [0.3, 0.4) is 0 Å². The van der Waals surface area contributed by atoms with Crippen LogP contribution < -0.4 is 0 Å². The first-order valence-corrected chi connectivity index (χ1v) is 10.7. The van der Waals surface area contributed by atoms with E-state index in [0.29, 0.717) is 0 Å². The minimum Gasteiger partial charge on any atom is -0.301 e. The summed E-state index contributed by atoms with van der Waals surface area (Å²) in [5, 5.41) is 0. The van der Waals surface area contributed by atoms with Crippen molar-refractivity contribution in [2.75, 3.05) is 32.7 Å². The molecular formula is C21H39N3. The average Bonchev–Trinajstić information content (AvgIpc) is 2.50. The maximum absolute atomic E-state index is 2.93. The Morgan fingerprint density at radius 3 is 2.00 bits per heavy atom. The molecule has 4 aliphatic heterocycles. The van der Waals surface area contributed by atoms with Crippen molar-refractivity contribution >= 4 is 0 Å². The van der Waals surface area contributed by atoms with E-state index in [-0.39, 0.29) is 0 Å². The Labute approximate surface area is 149 Å². The maximum atomic E-state index is 2.93. The number of rotatable bonds is 5. The van der Waals surface area contributed by atoms with Crippen molar-refractivity contribution < 1.29 is 0 Å². The summed E-state index contributed by atoms with van der Waals surface area (Å²) in [6.45, 7) is 16.3. The minimum atomic E-state index is 0.735. The summed E-state index contributed by atoms with van der Waals surface area (Å²) in [4.78, 5) is 8.41. The van der Waals surface area contributed by atoms with Crippen LogP contribution in [0.25, 0.3) is 0 Å². The molecule has 2 bridgehead atoms. The van der Waals surface area contributed by atoms with Crippen LogP contribution in [0.4, 0.5) is 0 Å². The number of hydrogen-bond acceptors (Lipinski definition) is 3. The third-order valence-electron chi connectivity index (χ3n) is 7.74. The first kappa shape index (κ1) is 17.3. The molecule has 3 nitrogen and oxygen atoms in total. The van der Waals surface area contributed by atoms with E-state index in [4.69, 9.17) is 0 Å². The van der Waals surface area contributed by atoms with Crippen molar-refractivity contribution in [3.05, 3.63) is 0 Å². The summed E-state index contributed by atoms with van der Waals surface area (Å²) in [5.74, 6) is 2.87. The van der Waals surface area contributed by atoms with Crippen LogP contribution in [0.5, 0.6) is 0 Å². The Morgan fingerprint density at radius 2 is 1.46 bits per heavy atom. The van der Waals surface area contributed by atoms with Gasteiger partial charge in [0.2, 0.25) is 0 Å². The molecular weight excluding hydrogens is 294 g/mol. The quantitative estimate of drug-likeness (QED) is 0.764. The van der Waals surface area contributed by atoms with Crippen LogP contribution in [0.2, 0.25) is 0 Å². The predicted octanol–water partition coefficient (Wildman–Crippen LogP) is 3.30. The molecule has 1 saturated carbocycles. The fourth-order valence-corrected chi connectivity index (χ4v) is 5.91. The van der Waals surface area contributed by atoms with Crippen LogP contribution in [-0.2, 0) is 0 Å². The molecule has 0 aromatic rings. The number of piperazine rings is 1. The van der Waals surface area contributed by atoms with E-state index in [1.807, 2.05) is 0 Å². The smallest absolute Gasteiger partial charge is 0.0244 e. The van der Waals surface area contributed by atoms with E-state index in [2.05, 4.69) is 42.4 Å². The fraction of sp³-hybridized carbons (Fsp3) is 1.00. The van der Waals surface area contributed by atoms with Crippen molar-refractivity contribution in [1.82, 2.24) is 14.7 Å². The molecule has 0 aromatic carbocycles. The molecule has 0 amide bonds. The number of fused-ring (bicyclic) bond motifs is 2. The number of nitrogens with zero attached hydrogens (tertiary/aromatic N) is 3. The van der Waals surface area contributed by atoms with Crippen molar-refractivity contribution in [2.45, 2.75) is 84.0 Å². The Balaban J connectivity index is 1.20. The summed E-state index contributed by atoms with van der Waals surface area (Å²) in [6, 6.07) is 3.48. The monoisotopic (exact) mass is 333 g/mol. The number of likely N-dealkylation sites (tertiary alicyclic amines) is 1. The van der Waals surface area contributed by atoms with Crippen LogP contribution in [0.1, 0.15) is 59.8 Å². The van der Waals surface area contributed by atoms with Gasteiger partial charge in [-0.05, 0) is 76.8 Å². The molecule has 5 fully saturated rings. The van der Waals surface area contributed by atoms with Crippen molar-refractivity contribution in [1.29, 1.82) is 0 Å². The highest BCUT2D eigenvalue weighted by Crippen LogP contribution is 2.45. The van der Waals surface area contributed by atoms with E-state index >= 15 is 0 Å². The fourth-order valence-electron chi connectivity index (χ4n) is 5.91. The van der Waals surface area contributed by atoms with Gasteiger partial charge in [0.05, 0.1) is 0 Å². The second-order valence-electron chi connectivity index (χ2n) is 9.91. The standard InChI is InChI=1S/C21H39N3/c1-15(2)18-9-19(10-18)24-20-11-21(24)14-22(13-20)12-17-5-7-23(8-6-17)16(3)4/h15-21H,5-14H2,1-4H3. The molecule has 5 aliphatic rings. The molecule has 5 rings (SSSR count). The lowest BCUT2D eigenvalue weighted by molar-refractivity contribution is -0.130. The summed E-state index contributed by atoms with van der Waals surface area (Å²) in [5.41, 5.74) is 0. The minimum absolute atomic E-state index is 0.735. The molecule has 4 heterocycles. The van der Waals surface area contributed by atoms with Gasteiger partial charge in [0.1, 0.15) is 0 Å². The average molecular weight is 334 g/mol. The lowest BCUT2D eigenvalue weighted by atomic mass is 9.69. The van der Waals surface area contributed by atoms with Gasteiger partial charge in [0, 0.05) is 43.8 Å². The Hall–Kier alpha value is -0.120. The Morgan fingerprint density at radius 1 is 0.833 bits per heavy atom. The largest absolute Gasteiger partial charge is 0.301 e. The van der Waals surface area contributed by atoms with Crippen molar-refractivity contribution in [2.24, 2.45) is 17.8 Å². The SMILES string of the molecule is CC(C)C1CC(N2C3CC2CN(CC2CCN(C(C)C)CC2)C3)C1. The third-order valence-corrected chi connectivity index (χ3v) is 7.74. The molecule has 3 heteroatoms. The maximum Gasteiger partial charge on any atom is 0.0244 e. The predicted molar refractivity (Wildman–Crippen MR) is 101 cm³/mol. The van der Waals surface area contributed by atoms with Gasteiger partial charge in [-0.1, -0.05) is 13.8 Å². The normalized spacial score (nSPS) is 39.2.